The molecule has 4 heterocycles. The highest BCUT2D eigenvalue weighted by molar-refractivity contribution is 6.02. The molecule has 3 saturated heterocycles. The summed E-state index contributed by atoms with van der Waals surface area (Å²) in [5, 5.41) is 6.41. The van der Waals surface area contributed by atoms with E-state index in [1.54, 1.807) is 4.90 Å². The third-order valence-corrected chi connectivity index (χ3v) is 11.1. The van der Waals surface area contributed by atoms with Gasteiger partial charge in [-0.3, -0.25) is 19.3 Å². The summed E-state index contributed by atoms with van der Waals surface area (Å²) in [6.07, 6.45) is 11.2. The van der Waals surface area contributed by atoms with Gasteiger partial charge < -0.3 is 20.3 Å². The van der Waals surface area contributed by atoms with Crippen LogP contribution in [0.3, 0.4) is 0 Å². The molecule has 5 aliphatic rings. The van der Waals surface area contributed by atoms with Crippen molar-refractivity contribution in [2.45, 2.75) is 102 Å². The SMILES string of the molecule is CC[C@@H]1CCCCN1CCN1C(=O)[C@@H]2[C@H](C(=O)Nc3cccc(C)c3)[C@@H]3C=C[C@@]2(O3)[C@@H]1C(=O)N[C@@H]1CCC[C@H](C)[C@@H]1C. The van der Waals surface area contributed by atoms with Gasteiger partial charge in [0.05, 0.1) is 17.9 Å². The second kappa shape index (κ2) is 11.8. The highest BCUT2D eigenvalue weighted by Crippen LogP contribution is 2.55. The van der Waals surface area contributed by atoms with E-state index < -0.39 is 29.6 Å². The van der Waals surface area contributed by atoms with Crippen molar-refractivity contribution in [2.75, 3.05) is 25.0 Å². The molecule has 228 valence electrons. The van der Waals surface area contributed by atoms with E-state index in [2.05, 4.69) is 36.3 Å². The Balaban J connectivity index is 1.28. The van der Waals surface area contributed by atoms with Crippen molar-refractivity contribution in [3.63, 3.8) is 0 Å². The van der Waals surface area contributed by atoms with E-state index in [0.29, 0.717) is 30.1 Å². The van der Waals surface area contributed by atoms with Crippen LogP contribution in [0.2, 0.25) is 0 Å². The number of hydrogen-bond donors (Lipinski definition) is 2. The Hall–Kier alpha value is -2.71. The zero-order valence-electron chi connectivity index (χ0n) is 25.7. The standard InChI is InChI=1S/C34H48N4O4/c1-5-25-13-6-7-17-37(25)18-19-38-30(32(40)36-26-14-9-11-22(3)23(26)4)34-16-15-27(42-34)28(29(34)33(38)41)31(39)35-24-12-8-10-21(2)20-24/h8,10,12,15-16,20,22-23,25-30H,5-7,9,11,13-14,17-19H2,1-4H3,(H,35,39)(H,36,40)/t22-,23-,25+,26+,27-,28+,29-,30-,34-/m0/s1. The number of likely N-dealkylation sites (tertiary alicyclic amines) is 2. The Morgan fingerprint density at radius 3 is 2.69 bits per heavy atom. The van der Waals surface area contributed by atoms with Gasteiger partial charge in [-0.1, -0.05) is 64.3 Å². The van der Waals surface area contributed by atoms with Crippen molar-refractivity contribution in [3.05, 3.63) is 42.0 Å². The molecule has 2 N–H and O–H groups in total. The van der Waals surface area contributed by atoms with Crippen LogP contribution in [0, 0.1) is 30.6 Å². The fraction of sp³-hybridized carbons (Fsp3) is 0.676. The Morgan fingerprint density at radius 2 is 1.90 bits per heavy atom. The molecule has 6 rings (SSSR count). The van der Waals surface area contributed by atoms with Crippen LogP contribution in [-0.2, 0) is 19.1 Å². The number of ether oxygens (including phenoxy) is 1. The lowest BCUT2D eigenvalue weighted by atomic mass is 9.73. The molecule has 4 aliphatic heterocycles. The molecule has 0 unspecified atom stereocenters. The molecule has 0 aromatic heterocycles. The van der Waals surface area contributed by atoms with Gasteiger partial charge >= 0.3 is 0 Å². The lowest BCUT2D eigenvalue weighted by Crippen LogP contribution is -2.58. The van der Waals surface area contributed by atoms with Gasteiger partial charge in [-0.2, -0.15) is 0 Å². The van der Waals surface area contributed by atoms with Crippen molar-refractivity contribution < 1.29 is 19.1 Å². The summed E-state index contributed by atoms with van der Waals surface area (Å²) < 4.78 is 6.58. The van der Waals surface area contributed by atoms with Gasteiger partial charge in [-0.05, 0) is 68.7 Å². The van der Waals surface area contributed by atoms with E-state index in [1.165, 1.54) is 19.3 Å². The third-order valence-electron chi connectivity index (χ3n) is 11.1. The average molecular weight is 577 g/mol. The maximum Gasteiger partial charge on any atom is 0.246 e. The Bertz CT molecular complexity index is 1230. The van der Waals surface area contributed by atoms with Crippen LogP contribution in [0.15, 0.2) is 36.4 Å². The minimum atomic E-state index is -1.13. The molecule has 1 aliphatic carbocycles. The number of hydrogen-bond acceptors (Lipinski definition) is 5. The molecule has 3 amide bonds. The number of amides is 3. The normalized spacial score (nSPS) is 37.6. The van der Waals surface area contributed by atoms with Crippen LogP contribution in [0.5, 0.6) is 0 Å². The summed E-state index contributed by atoms with van der Waals surface area (Å²) in [6, 6.07) is 7.46. The molecule has 2 bridgehead atoms. The zero-order chi connectivity index (χ0) is 29.6. The van der Waals surface area contributed by atoms with E-state index >= 15 is 0 Å². The van der Waals surface area contributed by atoms with Gasteiger partial charge in [-0.25, -0.2) is 0 Å². The number of piperidine rings is 1. The molecule has 9 atom stereocenters. The fourth-order valence-corrected chi connectivity index (χ4v) is 8.56. The molecule has 42 heavy (non-hydrogen) atoms. The maximum atomic E-state index is 14.4. The molecule has 1 saturated carbocycles. The number of carbonyl (C=O) groups excluding carboxylic acids is 3. The van der Waals surface area contributed by atoms with Gasteiger partial charge in [0.25, 0.3) is 0 Å². The lowest BCUT2D eigenvalue weighted by Gasteiger charge is -2.39. The van der Waals surface area contributed by atoms with Crippen molar-refractivity contribution in [1.29, 1.82) is 0 Å². The second-order valence-electron chi connectivity index (χ2n) is 13.6. The predicted molar refractivity (Wildman–Crippen MR) is 163 cm³/mol. The van der Waals surface area contributed by atoms with Crippen LogP contribution in [0.1, 0.15) is 71.3 Å². The van der Waals surface area contributed by atoms with E-state index in [1.807, 2.05) is 43.3 Å². The highest BCUT2D eigenvalue weighted by atomic mass is 16.5. The van der Waals surface area contributed by atoms with Crippen molar-refractivity contribution >= 4 is 23.4 Å². The third kappa shape index (κ3) is 5.08. The summed E-state index contributed by atoms with van der Waals surface area (Å²) in [4.78, 5) is 46.7. The number of rotatable bonds is 8. The number of aryl methyl sites for hydroxylation is 1. The molecular weight excluding hydrogens is 528 g/mol. The predicted octanol–water partition coefficient (Wildman–Crippen LogP) is 4.29. The largest absolute Gasteiger partial charge is 0.359 e. The number of anilines is 1. The van der Waals surface area contributed by atoms with Crippen LogP contribution >= 0.6 is 0 Å². The van der Waals surface area contributed by atoms with Crippen molar-refractivity contribution in [3.8, 4) is 0 Å². The molecule has 8 nitrogen and oxygen atoms in total. The van der Waals surface area contributed by atoms with E-state index in [-0.39, 0.29) is 23.8 Å². The minimum absolute atomic E-state index is 0.0724. The Labute approximate surface area is 250 Å². The molecular formula is C34H48N4O4. The molecule has 1 aromatic rings. The first-order valence-corrected chi connectivity index (χ1v) is 16.3. The summed E-state index contributed by atoms with van der Waals surface area (Å²) in [6.45, 7) is 10.9. The van der Waals surface area contributed by atoms with Crippen LogP contribution < -0.4 is 10.6 Å². The van der Waals surface area contributed by atoms with Gasteiger partial charge in [0.1, 0.15) is 11.6 Å². The first-order valence-electron chi connectivity index (χ1n) is 16.3. The fourth-order valence-electron chi connectivity index (χ4n) is 8.56. The van der Waals surface area contributed by atoms with E-state index in [4.69, 9.17) is 4.74 Å². The number of fused-ring (bicyclic) bond motifs is 1. The number of nitrogens with one attached hydrogen (secondary N) is 2. The second-order valence-corrected chi connectivity index (χ2v) is 13.6. The number of nitrogens with zero attached hydrogens (tertiary/aromatic N) is 2. The quantitative estimate of drug-likeness (QED) is 0.451. The first kappa shape index (κ1) is 29.4. The van der Waals surface area contributed by atoms with Gasteiger partial charge in [0.2, 0.25) is 17.7 Å². The minimum Gasteiger partial charge on any atom is -0.359 e. The van der Waals surface area contributed by atoms with Gasteiger partial charge in [0, 0.05) is 30.9 Å². The molecule has 1 aromatic carbocycles. The average Bonchev–Trinajstić information content (AvgIpc) is 3.61. The lowest BCUT2D eigenvalue weighted by molar-refractivity contribution is -0.142. The molecule has 4 fully saturated rings. The monoisotopic (exact) mass is 576 g/mol. The summed E-state index contributed by atoms with van der Waals surface area (Å²) >= 11 is 0. The van der Waals surface area contributed by atoms with E-state index in [0.717, 1.165) is 44.3 Å². The maximum absolute atomic E-state index is 14.4. The van der Waals surface area contributed by atoms with E-state index in [9.17, 15) is 14.4 Å². The van der Waals surface area contributed by atoms with Crippen molar-refractivity contribution in [2.24, 2.45) is 23.7 Å². The zero-order valence-corrected chi connectivity index (χ0v) is 25.7. The Kier molecular flexibility index (Phi) is 8.22. The topological polar surface area (TPSA) is 91.0 Å². The van der Waals surface area contributed by atoms with Gasteiger partial charge in [-0.15, -0.1) is 0 Å². The number of benzene rings is 1. The first-order chi connectivity index (χ1) is 20.2. The summed E-state index contributed by atoms with van der Waals surface area (Å²) in [5.74, 6) is -1.02. The molecule has 0 radical (unpaired) electrons. The van der Waals surface area contributed by atoms with Crippen molar-refractivity contribution in [1.82, 2.24) is 15.1 Å². The molecule has 1 spiro atoms. The van der Waals surface area contributed by atoms with Gasteiger partial charge in [0.15, 0.2) is 0 Å². The summed E-state index contributed by atoms with van der Waals surface area (Å²) in [5.41, 5.74) is 0.617. The smallest absolute Gasteiger partial charge is 0.246 e. The highest BCUT2D eigenvalue weighted by Gasteiger charge is 2.72. The molecule has 8 heteroatoms. The van der Waals surface area contributed by atoms with Crippen LogP contribution in [-0.4, -0.2) is 77.0 Å². The Morgan fingerprint density at radius 1 is 1.07 bits per heavy atom. The van der Waals surface area contributed by atoms with Crippen LogP contribution in [0.4, 0.5) is 5.69 Å². The van der Waals surface area contributed by atoms with Crippen LogP contribution in [0.25, 0.3) is 0 Å². The summed E-state index contributed by atoms with van der Waals surface area (Å²) in [7, 11) is 0. The number of carbonyl (C=O) groups is 3.